The zero-order chi connectivity index (χ0) is 12.5. The number of nitrogens with zero attached hydrogens (tertiary/aromatic N) is 4. The second kappa shape index (κ2) is 4.08. The van der Waals surface area contributed by atoms with Gasteiger partial charge in [-0.2, -0.15) is 0 Å². The fraction of sp³-hybridized carbons (Fsp3) is 0.333. The van der Waals surface area contributed by atoms with E-state index in [2.05, 4.69) is 19.9 Å². The molecule has 5 heteroatoms. The molecule has 0 aliphatic heterocycles. The van der Waals surface area contributed by atoms with Crippen molar-refractivity contribution >= 4 is 5.82 Å². The van der Waals surface area contributed by atoms with E-state index >= 15 is 0 Å². The van der Waals surface area contributed by atoms with Crippen LogP contribution in [-0.4, -0.2) is 19.9 Å². The summed E-state index contributed by atoms with van der Waals surface area (Å²) in [6.45, 7) is 6.15. The molecule has 2 rings (SSSR count). The van der Waals surface area contributed by atoms with Gasteiger partial charge < -0.3 is 5.73 Å². The molecule has 0 bridgehead atoms. The van der Waals surface area contributed by atoms with E-state index in [1.54, 1.807) is 18.5 Å². The van der Waals surface area contributed by atoms with Crippen LogP contribution < -0.4 is 5.73 Å². The molecule has 0 radical (unpaired) electrons. The summed E-state index contributed by atoms with van der Waals surface area (Å²) >= 11 is 0. The van der Waals surface area contributed by atoms with Crippen molar-refractivity contribution in [3.8, 4) is 11.3 Å². The van der Waals surface area contributed by atoms with E-state index in [1.165, 1.54) is 6.33 Å². The minimum Gasteiger partial charge on any atom is -0.384 e. The van der Waals surface area contributed by atoms with Crippen LogP contribution in [0.2, 0.25) is 0 Å². The summed E-state index contributed by atoms with van der Waals surface area (Å²) in [5.41, 5.74) is 7.26. The maximum Gasteiger partial charge on any atom is 0.136 e. The van der Waals surface area contributed by atoms with Crippen molar-refractivity contribution < 1.29 is 0 Å². The molecule has 2 N–H and O–H groups in total. The molecule has 0 atom stereocenters. The van der Waals surface area contributed by atoms with E-state index < -0.39 is 0 Å². The number of rotatable bonds is 1. The molecule has 17 heavy (non-hydrogen) atoms. The third kappa shape index (κ3) is 2.55. The van der Waals surface area contributed by atoms with Crippen molar-refractivity contribution in [3.63, 3.8) is 0 Å². The molecule has 0 fully saturated rings. The molecule has 0 saturated carbocycles. The smallest absolute Gasteiger partial charge is 0.136 e. The Hall–Kier alpha value is -2.04. The van der Waals surface area contributed by atoms with Crippen LogP contribution in [-0.2, 0) is 5.41 Å². The first-order valence-electron chi connectivity index (χ1n) is 5.37. The number of nitrogen functional groups attached to an aromatic ring is 1. The molecule has 88 valence electrons. The molecule has 0 aliphatic rings. The largest absolute Gasteiger partial charge is 0.384 e. The fourth-order valence-electron chi connectivity index (χ4n) is 1.38. The Morgan fingerprint density at radius 2 is 1.71 bits per heavy atom. The van der Waals surface area contributed by atoms with Gasteiger partial charge >= 0.3 is 0 Å². The number of hydrogen-bond donors (Lipinski definition) is 1. The van der Waals surface area contributed by atoms with Crippen LogP contribution in [0.15, 0.2) is 24.8 Å². The molecule has 0 unspecified atom stereocenters. The van der Waals surface area contributed by atoms with Gasteiger partial charge in [-0.15, -0.1) is 0 Å². The van der Waals surface area contributed by atoms with Gasteiger partial charge in [-0.05, 0) is 0 Å². The zero-order valence-electron chi connectivity index (χ0n) is 10.2. The van der Waals surface area contributed by atoms with Gasteiger partial charge in [0.05, 0.1) is 5.69 Å². The van der Waals surface area contributed by atoms with Crippen molar-refractivity contribution in [2.45, 2.75) is 26.2 Å². The molecular weight excluding hydrogens is 214 g/mol. The highest BCUT2D eigenvalue weighted by Crippen LogP contribution is 2.23. The number of aromatic nitrogens is 4. The van der Waals surface area contributed by atoms with Gasteiger partial charge in [-0.3, -0.25) is 0 Å². The lowest BCUT2D eigenvalue weighted by molar-refractivity contribution is 0.547. The van der Waals surface area contributed by atoms with Crippen LogP contribution in [0.1, 0.15) is 26.6 Å². The molecule has 0 amide bonds. The third-order valence-corrected chi connectivity index (χ3v) is 2.27. The quantitative estimate of drug-likeness (QED) is 0.807. The minimum atomic E-state index is -0.139. The second-order valence-corrected chi connectivity index (χ2v) is 4.88. The van der Waals surface area contributed by atoms with Crippen LogP contribution in [0.25, 0.3) is 11.3 Å². The summed E-state index contributed by atoms with van der Waals surface area (Å²) in [5, 5.41) is 0. The van der Waals surface area contributed by atoms with Crippen LogP contribution in [0.4, 0.5) is 5.82 Å². The number of hydrogen-bond acceptors (Lipinski definition) is 5. The van der Waals surface area contributed by atoms with Crippen molar-refractivity contribution in [1.29, 1.82) is 0 Å². The molecule has 2 aromatic rings. The highest BCUT2D eigenvalue weighted by molar-refractivity contribution is 5.59. The first kappa shape index (κ1) is 11.4. The van der Waals surface area contributed by atoms with Gasteiger partial charge in [0.15, 0.2) is 0 Å². The van der Waals surface area contributed by atoms with Crippen LogP contribution in [0.5, 0.6) is 0 Å². The lowest BCUT2D eigenvalue weighted by Crippen LogP contribution is -2.17. The average molecular weight is 229 g/mol. The lowest BCUT2D eigenvalue weighted by Gasteiger charge is -2.17. The molecule has 2 aromatic heterocycles. The summed E-state index contributed by atoms with van der Waals surface area (Å²) in [4.78, 5) is 16.7. The Balaban J connectivity index is 2.54. The van der Waals surface area contributed by atoms with E-state index in [1.807, 2.05) is 20.8 Å². The van der Waals surface area contributed by atoms with Gasteiger partial charge in [-0.25, -0.2) is 19.9 Å². The van der Waals surface area contributed by atoms with Crippen molar-refractivity contribution in [1.82, 2.24) is 19.9 Å². The SMILES string of the molecule is CC(C)(C)c1nc(N)cc(-c2cncnc2)n1. The zero-order valence-corrected chi connectivity index (χ0v) is 10.2. The van der Waals surface area contributed by atoms with Crippen molar-refractivity contribution in [3.05, 3.63) is 30.6 Å². The van der Waals surface area contributed by atoms with E-state index in [0.717, 1.165) is 17.1 Å². The summed E-state index contributed by atoms with van der Waals surface area (Å²) in [5.74, 6) is 1.18. The topological polar surface area (TPSA) is 77.6 Å². The molecule has 2 heterocycles. The number of anilines is 1. The third-order valence-electron chi connectivity index (χ3n) is 2.27. The van der Waals surface area contributed by atoms with Crippen molar-refractivity contribution in [2.75, 3.05) is 5.73 Å². The molecule has 0 spiro atoms. The minimum absolute atomic E-state index is 0.139. The first-order chi connectivity index (χ1) is 7.97. The second-order valence-electron chi connectivity index (χ2n) is 4.88. The fourth-order valence-corrected chi connectivity index (χ4v) is 1.38. The molecule has 0 saturated heterocycles. The standard InChI is InChI=1S/C12H15N5/c1-12(2,3)11-16-9(4-10(13)17-11)8-5-14-7-15-6-8/h4-7H,1-3H3,(H2,13,16,17). The summed E-state index contributed by atoms with van der Waals surface area (Å²) < 4.78 is 0. The normalized spacial score (nSPS) is 11.5. The summed E-state index contributed by atoms with van der Waals surface area (Å²) in [6.07, 6.45) is 4.90. The maximum absolute atomic E-state index is 5.80. The maximum atomic E-state index is 5.80. The van der Waals surface area contributed by atoms with E-state index in [-0.39, 0.29) is 5.41 Å². The van der Waals surface area contributed by atoms with E-state index in [9.17, 15) is 0 Å². The molecular formula is C12H15N5. The van der Waals surface area contributed by atoms with Crippen molar-refractivity contribution in [2.24, 2.45) is 0 Å². The lowest BCUT2D eigenvalue weighted by atomic mass is 9.95. The average Bonchev–Trinajstić information content (AvgIpc) is 2.28. The van der Waals surface area contributed by atoms with Gasteiger partial charge in [0.25, 0.3) is 0 Å². The Labute approximate surface area is 100 Å². The Bertz CT molecular complexity index is 516. The highest BCUT2D eigenvalue weighted by Gasteiger charge is 2.19. The van der Waals surface area contributed by atoms with Crippen LogP contribution in [0.3, 0.4) is 0 Å². The molecule has 0 aliphatic carbocycles. The molecule has 0 aromatic carbocycles. The van der Waals surface area contributed by atoms with Gasteiger partial charge in [0.1, 0.15) is 18.0 Å². The monoisotopic (exact) mass is 229 g/mol. The first-order valence-corrected chi connectivity index (χ1v) is 5.37. The number of nitrogens with two attached hydrogens (primary N) is 1. The predicted octanol–water partition coefficient (Wildman–Crippen LogP) is 1.81. The predicted molar refractivity (Wildman–Crippen MR) is 66.2 cm³/mol. The summed E-state index contributed by atoms with van der Waals surface area (Å²) in [7, 11) is 0. The van der Waals surface area contributed by atoms with Gasteiger partial charge in [-0.1, -0.05) is 20.8 Å². The Morgan fingerprint density at radius 1 is 1.06 bits per heavy atom. The van der Waals surface area contributed by atoms with Gasteiger partial charge in [0, 0.05) is 29.4 Å². The Kier molecular flexibility index (Phi) is 2.75. The highest BCUT2D eigenvalue weighted by atomic mass is 15.0. The van der Waals surface area contributed by atoms with E-state index in [0.29, 0.717) is 5.82 Å². The molecule has 5 nitrogen and oxygen atoms in total. The van der Waals surface area contributed by atoms with Gasteiger partial charge in [0.2, 0.25) is 0 Å². The van der Waals surface area contributed by atoms with E-state index in [4.69, 9.17) is 5.73 Å². The van der Waals surface area contributed by atoms with Crippen LogP contribution >= 0.6 is 0 Å². The Morgan fingerprint density at radius 3 is 2.29 bits per heavy atom. The summed E-state index contributed by atoms with van der Waals surface area (Å²) in [6, 6.07) is 1.73. The van der Waals surface area contributed by atoms with Crippen LogP contribution in [0, 0.1) is 0 Å².